The molecule has 1 aromatic heterocycles. The van der Waals surface area contributed by atoms with Gasteiger partial charge in [-0.2, -0.15) is 23.4 Å². The largest absolute Gasteiger partial charge is 0.467 e. The van der Waals surface area contributed by atoms with Crippen LogP contribution in [0.25, 0.3) is 0 Å². The number of hydrogen-bond acceptors (Lipinski definition) is 12. The Morgan fingerprint density at radius 3 is 1.95 bits per heavy atom. The number of sulfonamides is 2. The minimum Gasteiger partial charge on any atom is -0.467 e. The highest BCUT2D eigenvalue weighted by molar-refractivity contribution is 7.90. The molecule has 0 atom stereocenters. The Kier molecular flexibility index (Phi) is 10.5. The number of hydrazine groups is 1. The zero-order chi connectivity index (χ0) is 30.9. The number of methoxy groups -OCH3 is 1. The van der Waals surface area contributed by atoms with Crippen molar-refractivity contribution in [3.63, 3.8) is 0 Å². The predicted molar refractivity (Wildman–Crippen MR) is 148 cm³/mol. The van der Waals surface area contributed by atoms with Gasteiger partial charge in [0.1, 0.15) is 10.7 Å². The number of esters is 2. The molecule has 0 aliphatic rings. The van der Waals surface area contributed by atoms with Gasteiger partial charge in [0.25, 0.3) is 20.0 Å². The van der Waals surface area contributed by atoms with Crippen molar-refractivity contribution in [3.05, 3.63) is 65.5 Å². The van der Waals surface area contributed by atoms with Crippen LogP contribution >= 0.6 is 0 Å². The quantitative estimate of drug-likeness (QED) is 0.119. The standard InChI is InChI=1S/C24H27N7O9S2/c1-5-39-20(32)16-11-7-9-13-18(16)41(34,35)30-23(27-22-25-15(3)26-24(28-22)38-4)29-31-42(36,37)19-14-10-8-12-17(19)21(33)40-6-2/h7-14,31H,5-6H2,1-4H3,(H2,25,26,27,28,29,30). The Morgan fingerprint density at radius 2 is 1.38 bits per heavy atom. The highest BCUT2D eigenvalue weighted by atomic mass is 32.2. The Hall–Kier alpha value is -4.68. The highest BCUT2D eigenvalue weighted by Gasteiger charge is 2.26. The molecule has 3 N–H and O–H groups in total. The number of aromatic nitrogens is 3. The second-order valence-electron chi connectivity index (χ2n) is 7.90. The average Bonchev–Trinajstić information content (AvgIpc) is 2.95. The fraction of sp³-hybridized carbons (Fsp3) is 0.250. The van der Waals surface area contributed by atoms with Crippen LogP contribution in [0, 0.1) is 6.92 Å². The number of guanidine groups is 1. The molecule has 0 saturated carbocycles. The normalized spacial score (nSPS) is 11.9. The lowest BCUT2D eigenvalue weighted by molar-refractivity contribution is 0.0512. The van der Waals surface area contributed by atoms with Crippen molar-refractivity contribution in [1.29, 1.82) is 0 Å². The maximum atomic E-state index is 13.4. The van der Waals surface area contributed by atoms with Gasteiger partial charge in [-0.25, -0.2) is 18.0 Å². The molecular weight excluding hydrogens is 594 g/mol. The number of rotatable bonds is 11. The van der Waals surface area contributed by atoms with Crippen LogP contribution in [0.2, 0.25) is 0 Å². The van der Waals surface area contributed by atoms with E-state index in [1.54, 1.807) is 13.8 Å². The number of nitrogens with zero attached hydrogens (tertiary/aromatic N) is 4. The van der Waals surface area contributed by atoms with Crippen molar-refractivity contribution < 1.29 is 40.6 Å². The molecule has 1 heterocycles. The van der Waals surface area contributed by atoms with Gasteiger partial charge in [0.05, 0.1) is 36.3 Å². The van der Waals surface area contributed by atoms with Crippen LogP contribution in [0.3, 0.4) is 0 Å². The number of aryl methyl sites for hydroxylation is 1. The summed E-state index contributed by atoms with van der Waals surface area (Å²) < 4.78 is 71.6. The monoisotopic (exact) mass is 621 g/mol. The molecule has 0 unspecified atom stereocenters. The van der Waals surface area contributed by atoms with Crippen molar-refractivity contribution in [2.24, 2.45) is 4.40 Å². The summed E-state index contributed by atoms with van der Waals surface area (Å²) in [6, 6.07) is 10.2. The summed E-state index contributed by atoms with van der Waals surface area (Å²) >= 11 is 0. The Morgan fingerprint density at radius 1 is 0.833 bits per heavy atom. The van der Waals surface area contributed by atoms with Gasteiger partial charge in [-0.3, -0.25) is 10.7 Å². The predicted octanol–water partition coefficient (Wildman–Crippen LogP) is 1.18. The SMILES string of the molecule is CCOC(=O)c1ccccc1S(=O)(=O)N=C(NNS(=O)(=O)c1ccccc1C(=O)OCC)Nc1nc(C)nc(OC)n1. The molecule has 0 fully saturated rings. The molecule has 2 aromatic carbocycles. The van der Waals surface area contributed by atoms with Crippen LogP contribution in [0.4, 0.5) is 5.95 Å². The highest BCUT2D eigenvalue weighted by Crippen LogP contribution is 2.20. The van der Waals surface area contributed by atoms with Crippen LogP contribution in [0.15, 0.2) is 62.7 Å². The molecule has 0 amide bonds. The van der Waals surface area contributed by atoms with Gasteiger partial charge in [-0.1, -0.05) is 24.3 Å². The van der Waals surface area contributed by atoms with Crippen LogP contribution in [-0.2, 0) is 29.5 Å². The first-order valence-corrected chi connectivity index (χ1v) is 15.0. The summed E-state index contributed by atoms with van der Waals surface area (Å²) in [6.07, 6.45) is 0. The number of carbonyl (C=O) groups excluding carboxylic acids is 2. The number of nitrogens with one attached hydrogen (secondary N) is 3. The summed E-state index contributed by atoms with van der Waals surface area (Å²) in [7, 11) is -7.96. The molecule has 0 aliphatic heterocycles. The fourth-order valence-electron chi connectivity index (χ4n) is 3.27. The van der Waals surface area contributed by atoms with Crippen LogP contribution in [0.5, 0.6) is 6.01 Å². The van der Waals surface area contributed by atoms with Gasteiger partial charge >= 0.3 is 17.9 Å². The molecule has 3 rings (SSSR count). The minimum atomic E-state index is -4.71. The van der Waals surface area contributed by atoms with Gasteiger partial charge in [0, 0.05) is 0 Å². The summed E-state index contributed by atoms with van der Waals surface area (Å²) in [5.41, 5.74) is 1.60. The van der Waals surface area contributed by atoms with Gasteiger partial charge in [-0.15, -0.1) is 9.23 Å². The number of benzene rings is 2. The van der Waals surface area contributed by atoms with E-state index in [4.69, 9.17) is 14.2 Å². The van der Waals surface area contributed by atoms with E-state index in [0.717, 1.165) is 12.1 Å². The molecule has 0 bridgehead atoms. The lowest BCUT2D eigenvalue weighted by Crippen LogP contribution is -2.45. The first kappa shape index (κ1) is 31.8. The van der Waals surface area contributed by atoms with E-state index in [1.165, 1.54) is 50.4 Å². The van der Waals surface area contributed by atoms with Crippen LogP contribution in [0.1, 0.15) is 40.4 Å². The van der Waals surface area contributed by atoms with Gasteiger partial charge in [-0.05, 0) is 45.0 Å². The summed E-state index contributed by atoms with van der Waals surface area (Å²) in [5.74, 6) is -2.65. The molecule has 0 saturated heterocycles. The van der Waals surface area contributed by atoms with E-state index < -0.39 is 47.7 Å². The second-order valence-corrected chi connectivity index (χ2v) is 11.1. The van der Waals surface area contributed by atoms with Gasteiger partial charge < -0.3 is 14.2 Å². The smallest absolute Gasteiger partial charge is 0.339 e. The molecule has 16 nitrogen and oxygen atoms in total. The maximum Gasteiger partial charge on any atom is 0.339 e. The Labute approximate surface area is 241 Å². The summed E-state index contributed by atoms with van der Waals surface area (Å²) in [4.78, 5) is 37.6. The van der Waals surface area contributed by atoms with E-state index in [2.05, 4.69) is 30.1 Å². The molecule has 42 heavy (non-hydrogen) atoms. The molecule has 3 aromatic rings. The van der Waals surface area contributed by atoms with E-state index in [-0.39, 0.29) is 42.1 Å². The molecule has 0 radical (unpaired) electrons. The first-order valence-electron chi connectivity index (χ1n) is 12.1. The fourth-order valence-corrected chi connectivity index (χ4v) is 5.42. The van der Waals surface area contributed by atoms with Crippen LogP contribution < -0.4 is 20.3 Å². The van der Waals surface area contributed by atoms with Crippen molar-refractivity contribution in [2.75, 3.05) is 25.6 Å². The third-order valence-corrected chi connectivity index (χ3v) is 7.63. The van der Waals surface area contributed by atoms with Gasteiger partial charge in [0.15, 0.2) is 0 Å². The third kappa shape index (κ3) is 7.95. The van der Waals surface area contributed by atoms with Crippen molar-refractivity contribution in [3.8, 4) is 6.01 Å². The molecule has 18 heteroatoms. The first-order chi connectivity index (χ1) is 19.9. The average molecular weight is 622 g/mol. The molecule has 0 aliphatic carbocycles. The van der Waals surface area contributed by atoms with E-state index in [9.17, 15) is 26.4 Å². The second kappa shape index (κ2) is 13.8. The zero-order valence-corrected chi connectivity index (χ0v) is 24.4. The third-order valence-electron chi connectivity index (χ3n) is 4.99. The Balaban J connectivity index is 2.06. The minimum absolute atomic E-state index is 0.000432. The van der Waals surface area contributed by atoms with Gasteiger partial charge in [0.2, 0.25) is 11.9 Å². The number of ether oxygens (including phenoxy) is 3. The maximum absolute atomic E-state index is 13.4. The molecule has 224 valence electrons. The lowest BCUT2D eigenvalue weighted by atomic mass is 10.2. The molecular formula is C24H27N7O9S2. The summed E-state index contributed by atoms with van der Waals surface area (Å²) in [6.45, 7) is 4.60. The topological polar surface area (TPSA) is 217 Å². The Bertz CT molecular complexity index is 1710. The van der Waals surface area contributed by atoms with Crippen molar-refractivity contribution >= 4 is 43.9 Å². The van der Waals surface area contributed by atoms with E-state index in [0.29, 0.717) is 0 Å². The van der Waals surface area contributed by atoms with Crippen molar-refractivity contribution in [1.82, 2.24) is 25.2 Å². The zero-order valence-electron chi connectivity index (χ0n) is 22.8. The lowest BCUT2D eigenvalue weighted by Gasteiger charge is -2.15. The van der Waals surface area contributed by atoms with Crippen LogP contribution in [-0.4, -0.2) is 70.0 Å². The van der Waals surface area contributed by atoms with E-state index in [1.807, 2.05) is 4.83 Å². The van der Waals surface area contributed by atoms with E-state index >= 15 is 0 Å². The number of anilines is 1. The molecule has 0 spiro atoms. The summed E-state index contributed by atoms with van der Waals surface area (Å²) in [5, 5.41) is 2.46. The number of hydrogen-bond donors (Lipinski definition) is 3. The van der Waals surface area contributed by atoms with Crippen molar-refractivity contribution in [2.45, 2.75) is 30.6 Å². The number of carbonyl (C=O) groups is 2.